The van der Waals surface area contributed by atoms with Crippen molar-refractivity contribution in [3.8, 4) is 11.5 Å². The maximum absolute atomic E-state index is 5.38. The smallest absolute Gasteiger partial charge is 0.244 e. The van der Waals surface area contributed by atoms with Crippen molar-refractivity contribution < 1.29 is 4.52 Å². The molecule has 0 saturated carbocycles. The zero-order chi connectivity index (χ0) is 13.2. The second kappa shape index (κ2) is 5.05. The summed E-state index contributed by atoms with van der Waals surface area (Å²) in [5, 5.41) is 7.45. The fourth-order valence-electron chi connectivity index (χ4n) is 2.43. The zero-order valence-electron chi connectivity index (χ0n) is 11.1. The molecule has 0 spiro atoms. The monoisotopic (exact) mass is 259 g/mol. The average Bonchev–Trinajstić information content (AvgIpc) is 2.89. The van der Waals surface area contributed by atoms with Crippen molar-refractivity contribution in [1.29, 1.82) is 0 Å². The Hall–Kier alpha value is -1.82. The predicted octanol–water partition coefficient (Wildman–Crippen LogP) is 1.90. The van der Waals surface area contributed by atoms with Gasteiger partial charge in [-0.3, -0.25) is 0 Å². The molecule has 1 fully saturated rings. The maximum atomic E-state index is 5.38. The average molecular weight is 259 g/mol. The number of nitrogens with one attached hydrogen (secondary N) is 1. The van der Waals surface area contributed by atoms with E-state index in [9.17, 15) is 0 Å². The molecule has 2 aromatic heterocycles. The molecule has 6 heteroatoms. The molecule has 100 valence electrons. The van der Waals surface area contributed by atoms with Crippen molar-refractivity contribution in [1.82, 2.24) is 25.4 Å². The molecule has 0 radical (unpaired) electrons. The van der Waals surface area contributed by atoms with E-state index in [0.29, 0.717) is 29.2 Å². The molecule has 19 heavy (non-hydrogen) atoms. The van der Waals surface area contributed by atoms with Gasteiger partial charge in [0, 0.05) is 6.20 Å². The second-order valence-electron chi connectivity index (χ2n) is 5.00. The highest BCUT2D eigenvalue weighted by molar-refractivity contribution is 5.47. The molecule has 0 aliphatic carbocycles. The van der Waals surface area contributed by atoms with E-state index in [2.05, 4.69) is 32.3 Å². The molecular formula is C13H17N5O. The third-order valence-corrected chi connectivity index (χ3v) is 3.48. The van der Waals surface area contributed by atoms with Gasteiger partial charge in [-0.2, -0.15) is 4.98 Å². The van der Waals surface area contributed by atoms with Crippen LogP contribution in [0.25, 0.3) is 11.5 Å². The number of aryl methyl sites for hydroxylation is 1. The summed E-state index contributed by atoms with van der Waals surface area (Å²) in [5.74, 6) is 2.39. The number of hydrogen-bond acceptors (Lipinski definition) is 6. The minimum Gasteiger partial charge on any atom is -0.337 e. The molecule has 1 aliphatic heterocycles. The molecule has 3 rings (SSSR count). The van der Waals surface area contributed by atoms with Gasteiger partial charge < -0.3 is 9.84 Å². The van der Waals surface area contributed by atoms with E-state index in [1.54, 1.807) is 12.3 Å². The summed E-state index contributed by atoms with van der Waals surface area (Å²) in [6.07, 6.45) is 4.08. The molecule has 1 N–H and O–H groups in total. The van der Waals surface area contributed by atoms with E-state index in [4.69, 9.17) is 4.52 Å². The first-order chi connectivity index (χ1) is 9.24. The van der Waals surface area contributed by atoms with Crippen LogP contribution in [0.2, 0.25) is 0 Å². The third-order valence-electron chi connectivity index (χ3n) is 3.48. The predicted molar refractivity (Wildman–Crippen MR) is 69.2 cm³/mol. The summed E-state index contributed by atoms with van der Waals surface area (Å²) < 4.78 is 5.38. The normalized spacial score (nSPS) is 23.5. The fraction of sp³-hybridized carbons (Fsp3) is 0.538. The summed E-state index contributed by atoms with van der Waals surface area (Å²) in [6.45, 7) is 5.05. The molecule has 6 nitrogen and oxygen atoms in total. The first-order valence-corrected chi connectivity index (χ1v) is 6.61. The van der Waals surface area contributed by atoms with Crippen LogP contribution in [-0.4, -0.2) is 26.7 Å². The van der Waals surface area contributed by atoms with Crippen LogP contribution in [0.3, 0.4) is 0 Å². The molecule has 2 aromatic rings. The molecule has 0 amide bonds. The van der Waals surface area contributed by atoms with Crippen molar-refractivity contribution in [3.63, 3.8) is 0 Å². The van der Waals surface area contributed by atoms with Gasteiger partial charge in [0.05, 0.1) is 6.04 Å². The number of piperidine rings is 1. The van der Waals surface area contributed by atoms with E-state index in [1.165, 1.54) is 12.8 Å². The summed E-state index contributed by atoms with van der Waals surface area (Å²) in [5.41, 5.74) is 0.700. The van der Waals surface area contributed by atoms with Crippen LogP contribution in [0.1, 0.15) is 37.5 Å². The van der Waals surface area contributed by atoms with Crippen LogP contribution in [0.5, 0.6) is 0 Å². The molecule has 0 aromatic carbocycles. The maximum Gasteiger partial charge on any atom is 0.244 e. The fourth-order valence-corrected chi connectivity index (χ4v) is 2.43. The van der Waals surface area contributed by atoms with Crippen molar-refractivity contribution in [2.24, 2.45) is 5.92 Å². The lowest BCUT2D eigenvalue weighted by Crippen LogP contribution is -2.33. The number of hydrogen-bond donors (Lipinski definition) is 1. The quantitative estimate of drug-likeness (QED) is 0.887. The lowest BCUT2D eigenvalue weighted by molar-refractivity contribution is 0.239. The lowest BCUT2D eigenvalue weighted by atomic mass is 9.93. The summed E-state index contributed by atoms with van der Waals surface area (Å²) >= 11 is 0. The number of rotatable bonds is 2. The Balaban J connectivity index is 1.86. The SMILES string of the molecule is Cc1nccc(-c2noc(C3NCCCC3C)n2)n1. The highest BCUT2D eigenvalue weighted by Gasteiger charge is 2.27. The van der Waals surface area contributed by atoms with Crippen LogP contribution >= 0.6 is 0 Å². The van der Waals surface area contributed by atoms with Crippen LogP contribution in [-0.2, 0) is 0 Å². The van der Waals surface area contributed by atoms with E-state index in [-0.39, 0.29) is 6.04 Å². The van der Waals surface area contributed by atoms with Gasteiger partial charge in [0.2, 0.25) is 11.7 Å². The Morgan fingerprint density at radius 3 is 3.05 bits per heavy atom. The zero-order valence-corrected chi connectivity index (χ0v) is 11.1. The second-order valence-corrected chi connectivity index (χ2v) is 5.00. The van der Waals surface area contributed by atoms with Crippen molar-refractivity contribution in [2.75, 3.05) is 6.54 Å². The van der Waals surface area contributed by atoms with E-state index in [0.717, 1.165) is 6.54 Å². The van der Waals surface area contributed by atoms with Gasteiger partial charge in [-0.25, -0.2) is 9.97 Å². The highest BCUT2D eigenvalue weighted by Crippen LogP contribution is 2.28. The summed E-state index contributed by atoms with van der Waals surface area (Å²) in [7, 11) is 0. The molecule has 3 heterocycles. The van der Waals surface area contributed by atoms with Crippen LogP contribution < -0.4 is 5.32 Å². The van der Waals surface area contributed by atoms with Crippen LogP contribution in [0, 0.1) is 12.8 Å². The van der Waals surface area contributed by atoms with E-state index in [1.807, 2.05) is 6.92 Å². The first-order valence-electron chi connectivity index (χ1n) is 6.61. The lowest BCUT2D eigenvalue weighted by Gasteiger charge is -2.26. The molecule has 2 atom stereocenters. The van der Waals surface area contributed by atoms with Gasteiger partial charge in [-0.1, -0.05) is 12.1 Å². The molecule has 1 aliphatic rings. The summed E-state index contributed by atoms with van der Waals surface area (Å²) in [6, 6.07) is 1.94. The molecule has 1 saturated heterocycles. The minimum absolute atomic E-state index is 0.151. The highest BCUT2D eigenvalue weighted by atomic mass is 16.5. The van der Waals surface area contributed by atoms with Gasteiger partial charge >= 0.3 is 0 Å². The van der Waals surface area contributed by atoms with Gasteiger partial charge in [0.25, 0.3) is 0 Å². The van der Waals surface area contributed by atoms with Crippen LogP contribution in [0.15, 0.2) is 16.8 Å². The standard InChI is InChI=1S/C13H17N5O/c1-8-4-3-6-15-11(8)13-17-12(18-19-13)10-5-7-14-9(2)16-10/h5,7-8,11,15H,3-4,6H2,1-2H3. The van der Waals surface area contributed by atoms with Crippen LogP contribution in [0.4, 0.5) is 0 Å². The topological polar surface area (TPSA) is 76.7 Å². The summed E-state index contributed by atoms with van der Waals surface area (Å²) in [4.78, 5) is 12.8. The molecule has 0 bridgehead atoms. The third kappa shape index (κ3) is 2.49. The first kappa shape index (κ1) is 12.2. The van der Waals surface area contributed by atoms with E-state index >= 15 is 0 Å². The Kier molecular flexibility index (Phi) is 3.25. The van der Waals surface area contributed by atoms with Gasteiger partial charge in [-0.15, -0.1) is 0 Å². The van der Waals surface area contributed by atoms with Gasteiger partial charge in [-0.05, 0) is 38.3 Å². The van der Waals surface area contributed by atoms with Gasteiger partial charge in [0.1, 0.15) is 11.5 Å². The number of aromatic nitrogens is 4. The van der Waals surface area contributed by atoms with Crippen molar-refractivity contribution in [2.45, 2.75) is 32.7 Å². The Morgan fingerprint density at radius 1 is 1.37 bits per heavy atom. The molecular weight excluding hydrogens is 242 g/mol. The molecule has 2 unspecified atom stereocenters. The largest absolute Gasteiger partial charge is 0.337 e. The van der Waals surface area contributed by atoms with Crippen molar-refractivity contribution >= 4 is 0 Å². The Bertz CT molecular complexity index is 568. The minimum atomic E-state index is 0.151. The van der Waals surface area contributed by atoms with Crippen molar-refractivity contribution in [3.05, 3.63) is 24.0 Å². The number of nitrogens with zero attached hydrogens (tertiary/aromatic N) is 4. The van der Waals surface area contributed by atoms with Gasteiger partial charge in [0.15, 0.2) is 0 Å². The van der Waals surface area contributed by atoms with E-state index < -0.39 is 0 Å². The Labute approximate surface area is 111 Å². The Morgan fingerprint density at radius 2 is 2.26 bits per heavy atom.